The highest BCUT2D eigenvalue weighted by molar-refractivity contribution is 7.98. The van der Waals surface area contributed by atoms with E-state index < -0.39 is 0 Å². The summed E-state index contributed by atoms with van der Waals surface area (Å²) in [5, 5.41) is 0.893. The fraction of sp³-hybridized carbons (Fsp3) is 0.263. The maximum absolute atomic E-state index is 12.2. The summed E-state index contributed by atoms with van der Waals surface area (Å²) in [7, 11) is 1.80. The number of rotatable bonds is 7. The van der Waals surface area contributed by atoms with Crippen LogP contribution in [-0.4, -0.2) is 35.7 Å². The van der Waals surface area contributed by atoms with Gasteiger partial charge in [-0.2, -0.15) is 0 Å². The summed E-state index contributed by atoms with van der Waals surface area (Å²) in [4.78, 5) is 19.6. The Labute approximate surface area is 155 Å². The number of amides is 1. The van der Waals surface area contributed by atoms with E-state index in [2.05, 4.69) is 29.2 Å². The van der Waals surface area contributed by atoms with Gasteiger partial charge in [0, 0.05) is 18.5 Å². The first-order valence-corrected chi connectivity index (χ1v) is 9.99. The molecule has 0 spiro atoms. The van der Waals surface area contributed by atoms with Crippen molar-refractivity contribution < 1.29 is 9.53 Å². The Morgan fingerprint density at radius 2 is 1.96 bits per heavy atom. The Morgan fingerprint density at radius 3 is 2.68 bits per heavy atom. The first-order valence-electron chi connectivity index (χ1n) is 7.95. The van der Waals surface area contributed by atoms with Crippen molar-refractivity contribution in [2.45, 2.75) is 18.0 Å². The number of hydrogen-bond donors (Lipinski definition) is 0. The van der Waals surface area contributed by atoms with Gasteiger partial charge >= 0.3 is 0 Å². The molecule has 0 saturated heterocycles. The Morgan fingerprint density at radius 1 is 1.20 bits per heavy atom. The van der Waals surface area contributed by atoms with Crippen LogP contribution in [0.2, 0.25) is 0 Å². The third-order valence-electron chi connectivity index (χ3n) is 3.79. The van der Waals surface area contributed by atoms with E-state index in [0.717, 1.165) is 20.8 Å². The zero-order valence-corrected chi connectivity index (χ0v) is 15.9. The molecule has 25 heavy (non-hydrogen) atoms. The van der Waals surface area contributed by atoms with Crippen molar-refractivity contribution in [1.29, 1.82) is 0 Å². The molecule has 0 saturated carbocycles. The predicted molar refractivity (Wildman–Crippen MR) is 104 cm³/mol. The number of fused-ring (bicyclic) bond motifs is 1. The van der Waals surface area contributed by atoms with Gasteiger partial charge in [0.25, 0.3) is 0 Å². The number of likely N-dealkylation sites (N-methyl/N-ethyl adjacent to an activating group) is 1. The van der Waals surface area contributed by atoms with Crippen LogP contribution in [0.4, 0.5) is 0 Å². The van der Waals surface area contributed by atoms with Gasteiger partial charge in [-0.3, -0.25) is 4.79 Å². The molecule has 4 nitrogen and oxygen atoms in total. The molecule has 0 radical (unpaired) electrons. The van der Waals surface area contributed by atoms with Gasteiger partial charge in [0.1, 0.15) is 11.6 Å². The van der Waals surface area contributed by atoms with Gasteiger partial charge in [-0.1, -0.05) is 24.3 Å². The van der Waals surface area contributed by atoms with Gasteiger partial charge in [0.2, 0.25) is 5.91 Å². The maximum atomic E-state index is 12.2. The number of thiazole rings is 1. The quantitative estimate of drug-likeness (QED) is 0.583. The number of hydrogen-bond acceptors (Lipinski definition) is 5. The highest BCUT2D eigenvalue weighted by Gasteiger charge is 2.11. The summed E-state index contributed by atoms with van der Waals surface area (Å²) in [6, 6.07) is 16.2. The van der Waals surface area contributed by atoms with Crippen LogP contribution in [-0.2, 0) is 22.7 Å². The number of thioether (sulfide) groups is 1. The fourth-order valence-corrected chi connectivity index (χ4v) is 3.72. The molecule has 2 aromatic carbocycles. The number of aromatic nitrogens is 1. The van der Waals surface area contributed by atoms with Crippen LogP contribution in [0.25, 0.3) is 10.2 Å². The first-order chi connectivity index (χ1) is 12.2. The number of para-hydroxylation sites is 1. The van der Waals surface area contributed by atoms with Crippen LogP contribution in [0.15, 0.2) is 53.4 Å². The molecule has 0 aliphatic rings. The highest BCUT2D eigenvalue weighted by Crippen LogP contribution is 2.22. The number of carbonyl (C=O) groups excluding carboxylic acids is 1. The Kier molecular flexibility index (Phi) is 6.07. The zero-order valence-electron chi connectivity index (χ0n) is 14.3. The Hall–Kier alpha value is -1.89. The van der Waals surface area contributed by atoms with Crippen molar-refractivity contribution in [2.24, 2.45) is 0 Å². The zero-order chi connectivity index (χ0) is 17.6. The number of benzene rings is 2. The lowest BCUT2D eigenvalue weighted by atomic mass is 10.2. The highest BCUT2D eigenvalue weighted by atomic mass is 32.2. The summed E-state index contributed by atoms with van der Waals surface area (Å²) < 4.78 is 6.70. The van der Waals surface area contributed by atoms with Crippen molar-refractivity contribution in [1.82, 2.24) is 9.88 Å². The molecule has 1 amide bonds. The van der Waals surface area contributed by atoms with Crippen molar-refractivity contribution in [3.8, 4) is 0 Å². The Bertz CT molecular complexity index is 813. The van der Waals surface area contributed by atoms with E-state index in [9.17, 15) is 4.79 Å². The third-order valence-corrected chi connectivity index (χ3v) is 5.55. The monoisotopic (exact) mass is 372 g/mol. The molecule has 0 atom stereocenters. The topological polar surface area (TPSA) is 42.4 Å². The summed E-state index contributed by atoms with van der Waals surface area (Å²) in [6.07, 6.45) is 2.05. The second-order valence-corrected chi connectivity index (χ2v) is 7.66. The van der Waals surface area contributed by atoms with Gasteiger partial charge < -0.3 is 9.64 Å². The third kappa shape index (κ3) is 4.81. The van der Waals surface area contributed by atoms with E-state index in [0.29, 0.717) is 13.2 Å². The molecular weight excluding hydrogens is 352 g/mol. The van der Waals surface area contributed by atoms with Gasteiger partial charge in [-0.05, 0) is 36.1 Å². The van der Waals surface area contributed by atoms with E-state index in [1.54, 1.807) is 35.0 Å². The van der Waals surface area contributed by atoms with Crippen molar-refractivity contribution in [3.63, 3.8) is 0 Å². The van der Waals surface area contributed by atoms with Gasteiger partial charge in [-0.15, -0.1) is 23.1 Å². The average Bonchev–Trinajstić information content (AvgIpc) is 3.05. The van der Waals surface area contributed by atoms with E-state index in [1.807, 2.05) is 30.5 Å². The number of ether oxygens (including phenoxy) is 1. The molecule has 0 unspecified atom stereocenters. The molecule has 0 N–H and O–H groups in total. The molecular formula is C19H20N2O2S2. The molecule has 1 aromatic heterocycles. The van der Waals surface area contributed by atoms with Crippen molar-refractivity contribution in [2.75, 3.05) is 19.9 Å². The minimum Gasteiger partial charge on any atom is -0.364 e. The van der Waals surface area contributed by atoms with E-state index in [1.165, 1.54) is 4.90 Å². The lowest BCUT2D eigenvalue weighted by Gasteiger charge is -2.17. The number of nitrogens with zero attached hydrogens (tertiary/aromatic N) is 2. The molecule has 6 heteroatoms. The predicted octanol–water partition coefficient (Wildman–Crippen LogP) is 4.19. The van der Waals surface area contributed by atoms with Crippen LogP contribution in [0.1, 0.15) is 10.6 Å². The lowest BCUT2D eigenvalue weighted by molar-refractivity contribution is -0.135. The molecule has 3 aromatic rings. The standard InChI is InChI=1S/C19H20N2O2S2/c1-21(11-14-7-9-15(24-2)10-8-14)19(22)13-23-12-18-20-16-5-3-4-6-17(16)25-18/h3-10H,11-13H2,1-2H3. The lowest BCUT2D eigenvalue weighted by Crippen LogP contribution is -2.29. The molecule has 0 fully saturated rings. The van der Waals surface area contributed by atoms with E-state index >= 15 is 0 Å². The van der Waals surface area contributed by atoms with Gasteiger partial charge in [0.05, 0.1) is 16.8 Å². The molecule has 0 aliphatic carbocycles. The fourth-order valence-electron chi connectivity index (χ4n) is 2.41. The summed E-state index contributed by atoms with van der Waals surface area (Å²) in [6.45, 7) is 1.01. The van der Waals surface area contributed by atoms with Gasteiger partial charge in [-0.25, -0.2) is 4.98 Å². The smallest absolute Gasteiger partial charge is 0.248 e. The molecule has 0 bridgehead atoms. The average molecular weight is 373 g/mol. The van der Waals surface area contributed by atoms with E-state index in [-0.39, 0.29) is 12.5 Å². The molecule has 3 rings (SSSR count). The largest absolute Gasteiger partial charge is 0.364 e. The molecule has 0 aliphatic heterocycles. The van der Waals surface area contributed by atoms with Crippen LogP contribution in [0.5, 0.6) is 0 Å². The van der Waals surface area contributed by atoms with Crippen LogP contribution in [0.3, 0.4) is 0 Å². The van der Waals surface area contributed by atoms with E-state index in [4.69, 9.17) is 4.74 Å². The van der Waals surface area contributed by atoms with Crippen LogP contribution in [0, 0.1) is 0 Å². The molecule has 130 valence electrons. The van der Waals surface area contributed by atoms with Gasteiger partial charge in [0.15, 0.2) is 0 Å². The Balaban J connectivity index is 1.47. The summed E-state index contributed by atoms with van der Waals surface area (Å²) in [5.41, 5.74) is 2.09. The summed E-state index contributed by atoms with van der Waals surface area (Å²) >= 11 is 3.31. The maximum Gasteiger partial charge on any atom is 0.248 e. The number of carbonyl (C=O) groups is 1. The van der Waals surface area contributed by atoms with Crippen molar-refractivity contribution in [3.05, 3.63) is 59.1 Å². The molecule has 1 heterocycles. The van der Waals surface area contributed by atoms with Crippen molar-refractivity contribution >= 4 is 39.2 Å². The minimum absolute atomic E-state index is 0.0324. The second kappa shape index (κ2) is 8.47. The second-order valence-electron chi connectivity index (χ2n) is 5.67. The van der Waals surface area contributed by atoms with Crippen LogP contribution < -0.4 is 0 Å². The SMILES string of the molecule is CSc1ccc(CN(C)C(=O)COCc2nc3ccccc3s2)cc1. The normalized spacial score (nSPS) is 11.0. The first kappa shape index (κ1) is 17.9. The minimum atomic E-state index is -0.0324. The summed E-state index contributed by atoms with van der Waals surface area (Å²) in [5.74, 6) is -0.0324. The van der Waals surface area contributed by atoms with Crippen LogP contribution >= 0.6 is 23.1 Å².